The minimum absolute atomic E-state index is 0.778. The van der Waals surface area contributed by atoms with Crippen LogP contribution in [0.15, 0.2) is 30.3 Å². The van der Waals surface area contributed by atoms with Crippen molar-refractivity contribution in [3.63, 3.8) is 0 Å². The van der Waals surface area contributed by atoms with E-state index < -0.39 is 0 Å². The third-order valence-electron chi connectivity index (χ3n) is 1.48. The molecule has 0 N–H and O–H groups in total. The molecule has 0 bridgehead atoms. The topological polar surface area (TPSA) is 0 Å². The van der Waals surface area contributed by atoms with Gasteiger partial charge in [0.25, 0.3) is 0 Å². The molecule has 0 unspecified atom stereocenters. The van der Waals surface area contributed by atoms with Gasteiger partial charge in [-0.1, -0.05) is 35.9 Å². The van der Waals surface area contributed by atoms with Crippen molar-refractivity contribution >= 4 is 24.2 Å². The summed E-state index contributed by atoms with van der Waals surface area (Å²) >= 11 is 9.34. The van der Waals surface area contributed by atoms with Gasteiger partial charge in [0.1, 0.15) is 0 Å². The summed E-state index contributed by atoms with van der Waals surface area (Å²) in [6, 6.07) is 10.3. The number of hydrogen-bond donors (Lipinski definition) is 1. The van der Waals surface area contributed by atoms with Crippen LogP contribution in [0.4, 0.5) is 0 Å². The van der Waals surface area contributed by atoms with Gasteiger partial charge in [0.2, 0.25) is 0 Å². The van der Waals surface area contributed by atoms with E-state index in [-0.39, 0.29) is 0 Å². The summed E-state index contributed by atoms with van der Waals surface area (Å²) in [4.78, 5) is 0. The van der Waals surface area contributed by atoms with Crippen molar-refractivity contribution in [1.82, 2.24) is 0 Å². The van der Waals surface area contributed by atoms with E-state index in [4.69, 9.17) is 11.6 Å². The highest BCUT2D eigenvalue weighted by atomic mass is 35.5. The second-order valence-corrected chi connectivity index (χ2v) is 3.60. The maximum atomic E-state index is 5.35. The molecule has 1 aromatic rings. The highest BCUT2D eigenvalue weighted by molar-refractivity contribution is 7.80. The molecule has 0 aromatic heterocycles. The van der Waals surface area contributed by atoms with Crippen LogP contribution in [-0.4, -0.2) is 11.6 Å². The summed E-state index contributed by atoms with van der Waals surface area (Å²) in [5, 5.41) is 0. The predicted octanol–water partition coefficient (Wildman–Crippen LogP) is 3.93. The van der Waals surface area contributed by atoms with Crippen molar-refractivity contribution in [3.05, 3.63) is 35.9 Å². The molecule has 0 saturated carbocycles. The lowest BCUT2D eigenvalue weighted by molar-refractivity contribution is 0.906. The molecule has 0 nitrogen and oxygen atoms in total. The highest BCUT2D eigenvalue weighted by Gasteiger charge is 1.77. The van der Waals surface area contributed by atoms with E-state index >= 15 is 0 Å². The van der Waals surface area contributed by atoms with Gasteiger partial charge in [-0.05, 0) is 25.5 Å². The fourth-order valence-electron chi connectivity index (χ4n) is 0.741. The number of rotatable bonds is 3. The maximum absolute atomic E-state index is 5.35. The quantitative estimate of drug-likeness (QED) is 0.442. The monoisotopic (exact) mass is 216 g/mol. The molecular formula is C11H17ClS. The lowest BCUT2D eigenvalue weighted by atomic mass is 10.2. The van der Waals surface area contributed by atoms with Crippen molar-refractivity contribution < 1.29 is 0 Å². The molecule has 0 saturated heterocycles. The zero-order valence-electron chi connectivity index (χ0n) is 8.04. The number of hydrogen-bond acceptors (Lipinski definition) is 1. The van der Waals surface area contributed by atoms with Crippen LogP contribution in [0, 0.1) is 6.92 Å². The Bertz CT molecular complexity index is 183. The van der Waals surface area contributed by atoms with E-state index in [0.29, 0.717) is 0 Å². The zero-order chi connectivity index (χ0) is 9.94. The van der Waals surface area contributed by atoms with E-state index in [1.807, 2.05) is 18.2 Å². The molecule has 0 heterocycles. The molecule has 13 heavy (non-hydrogen) atoms. The van der Waals surface area contributed by atoms with E-state index in [1.54, 1.807) is 0 Å². The van der Waals surface area contributed by atoms with Crippen LogP contribution < -0.4 is 0 Å². The summed E-state index contributed by atoms with van der Waals surface area (Å²) in [5.74, 6) is 1.74. The van der Waals surface area contributed by atoms with Gasteiger partial charge in [-0.2, -0.15) is 12.6 Å². The molecule has 0 atom stereocenters. The Balaban J connectivity index is 0.000000226. The third kappa shape index (κ3) is 9.78. The lowest BCUT2D eigenvalue weighted by Gasteiger charge is -1.84. The summed E-state index contributed by atoms with van der Waals surface area (Å²) in [6.45, 7) is 2.08. The minimum Gasteiger partial charge on any atom is -0.179 e. The highest BCUT2D eigenvalue weighted by Crippen LogP contribution is 1.92. The van der Waals surface area contributed by atoms with Gasteiger partial charge in [-0.3, -0.25) is 0 Å². The standard InChI is InChI=1S/C7H8.C4H9ClS/c1-7-5-3-2-4-6-7;5-3-1-2-4-6/h2-6H,1H3;6H,1-4H2. The van der Waals surface area contributed by atoms with Crippen LogP contribution in [-0.2, 0) is 0 Å². The second-order valence-electron chi connectivity index (χ2n) is 2.77. The van der Waals surface area contributed by atoms with Gasteiger partial charge in [0, 0.05) is 5.88 Å². The van der Waals surface area contributed by atoms with Crippen LogP contribution in [0.25, 0.3) is 0 Å². The lowest BCUT2D eigenvalue weighted by Crippen LogP contribution is -1.74. The predicted molar refractivity (Wildman–Crippen MR) is 65.0 cm³/mol. The number of thiol groups is 1. The molecule has 0 radical (unpaired) electrons. The Morgan fingerprint density at radius 2 is 1.77 bits per heavy atom. The Labute approximate surface area is 91.7 Å². The Morgan fingerprint density at radius 1 is 1.15 bits per heavy atom. The largest absolute Gasteiger partial charge is 0.179 e. The molecule has 2 heteroatoms. The van der Waals surface area contributed by atoms with Gasteiger partial charge >= 0.3 is 0 Å². The molecule has 1 aromatic carbocycles. The van der Waals surface area contributed by atoms with Crippen LogP contribution in [0.5, 0.6) is 0 Å². The average molecular weight is 217 g/mol. The Hall–Kier alpha value is -0.140. The smallest absolute Gasteiger partial charge is 0.0223 e. The molecule has 1 rings (SSSR count). The first kappa shape index (κ1) is 12.9. The number of aryl methyl sites for hydroxylation is 1. The molecule has 0 spiro atoms. The van der Waals surface area contributed by atoms with Crippen molar-refractivity contribution in [2.24, 2.45) is 0 Å². The first-order valence-corrected chi connectivity index (χ1v) is 5.66. The van der Waals surface area contributed by atoms with Crippen LogP contribution >= 0.6 is 24.2 Å². The van der Waals surface area contributed by atoms with Crippen LogP contribution in [0.2, 0.25) is 0 Å². The fraction of sp³-hybridized carbons (Fsp3) is 0.455. The summed E-state index contributed by atoms with van der Waals surface area (Å²) in [7, 11) is 0. The molecule has 74 valence electrons. The Morgan fingerprint density at radius 3 is 2.00 bits per heavy atom. The maximum Gasteiger partial charge on any atom is 0.0223 e. The van der Waals surface area contributed by atoms with Crippen molar-refractivity contribution in [3.8, 4) is 0 Å². The number of halogens is 1. The van der Waals surface area contributed by atoms with Crippen LogP contribution in [0.1, 0.15) is 18.4 Å². The Kier molecular flexibility index (Phi) is 9.84. The molecule has 0 aliphatic carbocycles. The summed E-state index contributed by atoms with van der Waals surface area (Å²) < 4.78 is 0. The SMILES string of the molecule is Cc1ccccc1.SCCCCCl. The first-order valence-electron chi connectivity index (χ1n) is 4.49. The average Bonchev–Trinajstić information content (AvgIpc) is 2.17. The third-order valence-corrected chi connectivity index (χ3v) is 2.07. The van der Waals surface area contributed by atoms with E-state index in [0.717, 1.165) is 24.5 Å². The first-order chi connectivity index (χ1) is 6.31. The van der Waals surface area contributed by atoms with E-state index in [2.05, 4.69) is 31.7 Å². The second kappa shape index (κ2) is 9.94. The zero-order valence-corrected chi connectivity index (χ0v) is 9.69. The van der Waals surface area contributed by atoms with Gasteiger partial charge in [0.15, 0.2) is 0 Å². The van der Waals surface area contributed by atoms with Gasteiger partial charge in [-0.25, -0.2) is 0 Å². The molecular weight excluding hydrogens is 200 g/mol. The van der Waals surface area contributed by atoms with Gasteiger partial charge < -0.3 is 0 Å². The van der Waals surface area contributed by atoms with E-state index in [1.165, 1.54) is 5.56 Å². The number of unbranched alkanes of at least 4 members (excludes halogenated alkanes) is 1. The minimum atomic E-state index is 0.778. The molecule has 0 amide bonds. The number of alkyl halides is 1. The van der Waals surface area contributed by atoms with Crippen molar-refractivity contribution in [1.29, 1.82) is 0 Å². The molecule has 0 aliphatic heterocycles. The van der Waals surface area contributed by atoms with Gasteiger partial charge in [-0.15, -0.1) is 11.6 Å². The van der Waals surface area contributed by atoms with Gasteiger partial charge in [0.05, 0.1) is 0 Å². The summed E-state index contributed by atoms with van der Waals surface area (Å²) in [6.07, 6.45) is 2.25. The van der Waals surface area contributed by atoms with Crippen molar-refractivity contribution in [2.45, 2.75) is 19.8 Å². The van der Waals surface area contributed by atoms with E-state index in [9.17, 15) is 0 Å². The van der Waals surface area contributed by atoms with Crippen LogP contribution in [0.3, 0.4) is 0 Å². The number of benzene rings is 1. The molecule has 0 aliphatic rings. The summed E-state index contributed by atoms with van der Waals surface area (Å²) in [5.41, 5.74) is 1.32. The fourth-order valence-corrected chi connectivity index (χ4v) is 1.15. The normalized spacial score (nSPS) is 8.85. The van der Waals surface area contributed by atoms with Crippen molar-refractivity contribution in [2.75, 3.05) is 11.6 Å². The molecule has 0 fully saturated rings.